The van der Waals surface area contributed by atoms with Gasteiger partial charge in [-0.3, -0.25) is 4.79 Å². The monoisotopic (exact) mass is 420 g/mol. The van der Waals surface area contributed by atoms with Crippen molar-refractivity contribution in [3.63, 3.8) is 0 Å². The number of aryl methyl sites for hydroxylation is 1. The average Bonchev–Trinajstić information content (AvgIpc) is 3.50. The van der Waals surface area contributed by atoms with E-state index in [0.29, 0.717) is 0 Å². The fraction of sp³-hybridized carbons (Fsp3) is 0.185. The highest BCUT2D eigenvalue weighted by Gasteiger charge is 2.18. The van der Waals surface area contributed by atoms with E-state index in [9.17, 15) is 4.79 Å². The van der Waals surface area contributed by atoms with Gasteiger partial charge in [0.05, 0.1) is 11.9 Å². The van der Waals surface area contributed by atoms with Crippen molar-refractivity contribution in [1.82, 2.24) is 20.3 Å². The summed E-state index contributed by atoms with van der Waals surface area (Å²) >= 11 is 0. The van der Waals surface area contributed by atoms with E-state index in [1.165, 1.54) is 10.8 Å². The first-order chi connectivity index (χ1) is 15.6. The molecule has 1 atom stereocenters. The van der Waals surface area contributed by atoms with Crippen molar-refractivity contribution < 1.29 is 0 Å². The minimum atomic E-state index is 0.0737. The minimum Gasteiger partial charge on any atom is -0.357 e. The summed E-state index contributed by atoms with van der Waals surface area (Å²) in [6.07, 6.45) is 4.08. The minimum absolute atomic E-state index is 0.0737. The van der Waals surface area contributed by atoms with Gasteiger partial charge >= 0.3 is 0 Å². The maximum Gasteiger partial charge on any atom is 0.189 e. The van der Waals surface area contributed by atoms with Gasteiger partial charge in [-0.15, -0.1) is 0 Å². The highest BCUT2D eigenvalue weighted by atomic mass is 16.1. The number of hydrogen-bond acceptors (Lipinski definition) is 3. The second kappa shape index (κ2) is 7.46. The molecule has 3 N–H and O–H groups in total. The van der Waals surface area contributed by atoms with E-state index in [4.69, 9.17) is 0 Å². The van der Waals surface area contributed by atoms with Crippen LogP contribution in [0, 0.1) is 6.92 Å². The molecular weight excluding hydrogens is 396 g/mol. The van der Waals surface area contributed by atoms with Crippen molar-refractivity contribution in [1.29, 1.82) is 0 Å². The molecule has 1 fully saturated rings. The van der Waals surface area contributed by atoms with Crippen molar-refractivity contribution in [2.24, 2.45) is 0 Å². The van der Waals surface area contributed by atoms with Crippen molar-refractivity contribution in [3.05, 3.63) is 88.6 Å². The molecule has 2 aromatic heterocycles. The maximum atomic E-state index is 12.9. The molecule has 32 heavy (non-hydrogen) atoms. The predicted octanol–water partition coefficient (Wildman–Crippen LogP) is 5.47. The number of aromatic nitrogens is 3. The van der Waals surface area contributed by atoms with Crippen LogP contribution in [0.4, 0.5) is 0 Å². The molecule has 5 nitrogen and oxygen atoms in total. The van der Waals surface area contributed by atoms with Crippen LogP contribution in [-0.4, -0.2) is 21.5 Å². The lowest BCUT2D eigenvalue weighted by Gasteiger charge is -2.12. The number of benzene rings is 3. The molecule has 5 aromatic rings. The Bertz CT molecular complexity index is 1520. The van der Waals surface area contributed by atoms with Crippen LogP contribution in [0.3, 0.4) is 0 Å². The molecule has 0 bridgehead atoms. The number of pyridine rings is 1. The number of fused-ring (bicyclic) bond motifs is 2. The average molecular weight is 421 g/mol. The van der Waals surface area contributed by atoms with Crippen LogP contribution in [0.5, 0.6) is 0 Å². The van der Waals surface area contributed by atoms with Gasteiger partial charge in [-0.2, -0.15) is 0 Å². The van der Waals surface area contributed by atoms with Crippen molar-refractivity contribution in [2.45, 2.75) is 25.8 Å². The number of imidazole rings is 1. The van der Waals surface area contributed by atoms with Gasteiger partial charge < -0.3 is 15.3 Å². The zero-order valence-corrected chi connectivity index (χ0v) is 17.9. The van der Waals surface area contributed by atoms with Crippen molar-refractivity contribution >= 4 is 21.7 Å². The summed E-state index contributed by atoms with van der Waals surface area (Å²) in [5.41, 5.74) is 6.25. The molecule has 0 amide bonds. The third-order valence-corrected chi connectivity index (χ3v) is 6.47. The molecule has 0 spiro atoms. The number of H-pyrrole nitrogens is 2. The van der Waals surface area contributed by atoms with Gasteiger partial charge in [0.1, 0.15) is 5.82 Å². The van der Waals surface area contributed by atoms with Gasteiger partial charge in [-0.1, -0.05) is 30.3 Å². The molecule has 0 radical (unpaired) electrons. The first kappa shape index (κ1) is 19.0. The summed E-state index contributed by atoms with van der Waals surface area (Å²) in [4.78, 5) is 23.9. The van der Waals surface area contributed by atoms with Gasteiger partial charge in [0, 0.05) is 34.3 Å². The van der Waals surface area contributed by atoms with E-state index in [1.807, 2.05) is 25.3 Å². The number of nitrogens with one attached hydrogen (secondary N) is 3. The van der Waals surface area contributed by atoms with Crippen molar-refractivity contribution in [3.8, 4) is 22.4 Å². The van der Waals surface area contributed by atoms with Crippen LogP contribution in [0.2, 0.25) is 0 Å². The molecule has 0 aliphatic carbocycles. The van der Waals surface area contributed by atoms with Gasteiger partial charge in [0.25, 0.3) is 0 Å². The molecule has 0 saturated carbocycles. The topological polar surface area (TPSA) is 73.6 Å². The normalized spacial score (nSPS) is 16.2. The fourth-order valence-electron chi connectivity index (χ4n) is 4.75. The van der Waals surface area contributed by atoms with E-state index in [1.54, 1.807) is 6.07 Å². The second-order valence-corrected chi connectivity index (χ2v) is 8.66. The summed E-state index contributed by atoms with van der Waals surface area (Å²) in [5, 5.41) is 6.53. The molecule has 5 heteroatoms. The smallest absolute Gasteiger partial charge is 0.189 e. The van der Waals surface area contributed by atoms with Gasteiger partial charge in [-0.05, 0) is 72.5 Å². The Hall–Kier alpha value is -3.70. The lowest BCUT2D eigenvalue weighted by Crippen LogP contribution is -2.17. The molecule has 3 heterocycles. The van der Waals surface area contributed by atoms with E-state index < -0.39 is 0 Å². The Balaban J connectivity index is 1.38. The van der Waals surface area contributed by atoms with Crippen LogP contribution >= 0.6 is 0 Å². The molecule has 6 rings (SSSR count). The third-order valence-electron chi connectivity index (χ3n) is 6.47. The SMILES string of the molecule is Cc1ncc(-c2ccc3cc(-c4ccc5[nH]c(C6CCCN6)cc(=O)c5c4)ccc3c2)[nH]1. The molecule has 1 aliphatic rings. The van der Waals surface area contributed by atoms with E-state index in [0.717, 1.165) is 64.2 Å². The van der Waals surface area contributed by atoms with Crippen LogP contribution in [0.1, 0.15) is 30.4 Å². The summed E-state index contributed by atoms with van der Waals surface area (Å²) in [6.45, 7) is 2.96. The molecule has 3 aromatic carbocycles. The first-order valence-corrected chi connectivity index (χ1v) is 11.1. The lowest BCUT2D eigenvalue weighted by atomic mass is 9.98. The molecule has 1 saturated heterocycles. The summed E-state index contributed by atoms with van der Waals surface area (Å²) in [5.74, 6) is 0.911. The van der Waals surface area contributed by atoms with Crippen LogP contribution in [0.15, 0.2) is 71.7 Å². The van der Waals surface area contributed by atoms with Gasteiger partial charge in [0.2, 0.25) is 0 Å². The standard InChI is InChI=1S/C27H24N4O/c1-16-29-15-26(30-16)21-7-6-17-11-18(4-5-19(17)12-21)20-8-9-23-22(13-20)27(32)14-25(31-23)24-3-2-10-28-24/h4-9,11-15,24,28H,2-3,10H2,1H3,(H,29,30)(H,31,32). The van der Waals surface area contributed by atoms with Crippen LogP contribution in [-0.2, 0) is 0 Å². The van der Waals surface area contributed by atoms with Crippen molar-refractivity contribution in [2.75, 3.05) is 6.54 Å². The third kappa shape index (κ3) is 3.31. The van der Waals surface area contributed by atoms with Crippen LogP contribution in [0.25, 0.3) is 44.1 Å². The van der Waals surface area contributed by atoms with Crippen LogP contribution < -0.4 is 10.7 Å². The molecule has 1 aliphatic heterocycles. The van der Waals surface area contributed by atoms with Gasteiger partial charge in [-0.25, -0.2) is 4.98 Å². The number of aromatic amines is 2. The number of rotatable bonds is 3. The predicted molar refractivity (Wildman–Crippen MR) is 130 cm³/mol. The highest BCUT2D eigenvalue weighted by molar-refractivity contribution is 5.92. The Morgan fingerprint density at radius 1 is 0.875 bits per heavy atom. The fourth-order valence-corrected chi connectivity index (χ4v) is 4.75. The highest BCUT2D eigenvalue weighted by Crippen LogP contribution is 2.29. The maximum absolute atomic E-state index is 12.9. The second-order valence-electron chi connectivity index (χ2n) is 8.66. The Kier molecular flexibility index (Phi) is 4.44. The zero-order chi connectivity index (χ0) is 21.7. The molecule has 1 unspecified atom stereocenters. The largest absolute Gasteiger partial charge is 0.357 e. The molecular formula is C27H24N4O. The van der Waals surface area contributed by atoms with E-state index >= 15 is 0 Å². The number of hydrogen-bond donors (Lipinski definition) is 3. The van der Waals surface area contributed by atoms with Gasteiger partial charge in [0.15, 0.2) is 5.43 Å². The molecule has 158 valence electrons. The zero-order valence-electron chi connectivity index (χ0n) is 17.9. The van der Waals surface area contributed by atoms with E-state index in [2.05, 4.69) is 62.7 Å². The Morgan fingerprint density at radius 2 is 1.62 bits per heavy atom. The van der Waals surface area contributed by atoms with E-state index in [-0.39, 0.29) is 11.5 Å². The first-order valence-electron chi connectivity index (χ1n) is 11.1. The number of nitrogens with zero attached hydrogens (tertiary/aromatic N) is 1. The quantitative estimate of drug-likeness (QED) is 0.362. The lowest BCUT2D eigenvalue weighted by molar-refractivity contribution is 0.630. The summed E-state index contributed by atoms with van der Waals surface area (Å²) in [7, 11) is 0. The Labute approximate surface area is 185 Å². The summed E-state index contributed by atoms with van der Waals surface area (Å²) in [6, 6.07) is 21.0. The summed E-state index contributed by atoms with van der Waals surface area (Å²) < 4.78 is 0. The Morgan fingerprint density at radius 3 is 2.38 bits per heavy atom.